The lowest BCUT2D eigenvalue weighted by Gasteiger charge is -2.27. The van der Waals surface area contributed by atoms with Crippen LogP contribution in [0.2, 0.25) is 0 Å². The van der Waals surface area contributed by atoms with Crippen LogP contribution in [0.4, 0.5) is 0 Å². The molecule has 2 heteroatoms. The molecule has 0 amide bonds. The number of rotatable bonds is 0. The summed E-state index contributed by atoms with van der Waals surface area (Å²) in [6.07, 6.45) is 6.74. The Bertz CT molecular complexity index is 666. The van der Waals surface area contributed by atoms with E-state index >= 15 is 0 Å². The molecule has 1 atom stereocenters. The van der Waals surface area contributed by atoms with Crippen molar-refractivity contribution in [2.24, 2.45) is 4.99 Å². The average molecular weight is 223 g/mol. The van der Waals surface area contributed by atoms with Gasteiger partial charge in [-0.2, -0.15) is 0 Å². The molecular weight excluding hydrogens is 210 g/mol. The fourth-order valence-electron chi connectivity index (χ4n) is 2.84. The van der Waals surface area contributed by atoms with Crippen molar-refractivity contribution in [1.29, 1.82) is 0 Å². The molecule has 0 radical (unpaired) electrons. The van der Waals surface area contributed by atoms with Crippen molar-refractivity contribution in [3.63, 3.8) is 0 Å². The molecule has 0 aromatic heterocycles. The standard InChI is InChI=1S/C15H13NO/c1-2-6-13-10(4-1)11-7-8-14-12(15(11)16-13)5-3-9-17-14/h1-2,4,6-8,14H,3,5,9H2. The SMILES string of the molecule is C1=CC2OCCCC2=C2N=c3ccccc3=C12. The molecule has 0 saturated carbocycles. The van der Waals surface area contributed by atoms with E-state index in [-0.39, 0.29) is 6.10 Å². The molecule has 2 heterocycles. The van der Waals surface area contributed by atoms with Crippen LogP contribution in [0.25, 0.3) is 5.57 Å². The average Bonchev–Trinajstić information content (AvgIpc) is 2.78. The van der Waals surface area contributed by atoms with Crippen molar-refractivity contribution in [3.05, 3.63) is 58.3 Å². The molecule has 1 aromatic rings. The monoisotopic (exact) mass is 223 g/mol. The highest BCUT2D eigenvalue weighted by molar-refractivity contribution is 5.77. The number of hydrogen-bond acceptors (Lipinski definition) is 2. The highest BCUT2D eigenvalue weighted by atomic mass is 16.5. The second-order valence-electron chi connectivity index (χ2n) is 4.67. The van der Waals surface area contributed by atoms with Gasteiger partial charge in [0, 0.05) is 17.4 Å². The van der Waals surface area contributed by atoms with Gasteiger partial charge >= 0.3 is 0 Å². The zero-order valence-corrected chi connectivity index (χ0v) is 9.52. The fraction of sp³-hybridized carbons (Fsp3) is 0.267. The van der Waals surface area contributed by atoms with E-state index < -0.39 is 0 Å². The molecule has 3 aliphatic rings. The third kappa shape index (κ3) is 1.28. The lowest BCUT2D eigenvalue weighted by molar-refractivity contribution is 0.0811. The number of hydrogen-bond donors (Lipinski definition) is 0. The van der Waals surface area contributed by atoms with Gasteiger partial charge in [-0.1, -0.05) is 30.4 Å². The van der Waals surface area contributed by atoms with Gasteiger partial charge in [0.2, 0.25) is 0 Å². The Kier molecular flexibility index (Phi) is 1.88. The van der Waals surface area contributed by atoms with Crippen LogP contribution in [0.1, 0.15) is 12.8 Å². The minimum absolute atomic E-state index is 0.167. The van der Waals surface area contributed by atoms with E-state index in [1.807, 2.05) is 6.07 Å². The Balaban J connectivity index is 2.03. The van der Waals surface area contributed by atoms with Crippen LogP contribution in [0, 0.1) is 0 Å². The Labute approximate surface area is 99.6 Å². The Morgan fingerprint density at radius 3 is 3.18 bits per heavy atom. The van der Waals surface area contributed by atoms with Gasteiger partial charge in [0.15, 0.2) is 0 Å². The quantitative estimate of drug-likeness (QED) is 0.652. The minimum Gasteiger partial charge on any atom is -0.370 e. The molecule has 0 bridgehead atoms. The van der Waals surface area contributed by atoms with Crippen LogP contribution in [0.5, 0.6) is 0 Å². The van der Waals surface area contributed by atoms with Crippen LogP contribution >= 0.6 is 0 Å². The van der Waals surface area contributed by atoms with Crippen LogP contribution in [0.3, 0.4) is 0 Å². The molecule has 4 rings (SSSR count). The second kappa shape index (κ2) is 3.41. The minimum atomic E-state index is 0.167. The van der Waals surface area contributed by atoms with E-state index in [2.05, 4.69) is 30.4 Å². The summed E-state index contributed by atoms with van der Waals surface area (Å²) in [5.74, 6) is 0. The normalized spacial score (nSPS) is 25.2. The first kappa shape index (κ1) is 9.37. The van der Waals surface area contributed by atoms with Crippen molar-refractivity contribution in [1.82, 2.24) is 0 Å². The highest BCUT2D eigenvalue weighted by Gasteiger charge is 2.27. The molecule has 1 saturated heterocycles. The van der Waals surface area contributed by atoms with Gasteiger partial charge in [-0.15, -0.1) is 0 Å². The Morgan fingerprint density at radius 2 is 2.18 bits per heavy atom. The molecule has 1 unspecified atom stereocenters. The van der Waals surface area contributed by atoms with Crippen LogP contribution in [-0.4, -0.2) is 12.7 Å². The van der Waals surface area contributed by atoms with Gasteiger partial charge in [-0.25, -0.2) is 4.99 Å². The van der Waals surface area contributed by atoms with Crippen molar-refractivity contribution in [3.8, 4) is 0 Å². The molecule has 0 N–H and O–H groups in total. The zero-order valence-electron chi connectivity index (χ0n) is 9.52. The molecule has 84 valence electrons. The summed E-state index contributed by atoms with van der Waals surface area (Å²) in [6, 6.07) is 8.35. The molecule has 1 aromatic carbocycles. The maximum absolute atomic E-state index is 5.77. The van der Waals surface area contributed by atoms with Crippen molar-refractivity contribution in [2.45, 2.75) is 18.9 Å². The van der Waals surface area contributed by atoms with Gasteiger partial charge in [0.25, 0.3) is 0 Å². The van der Waals surface area contributed by atoms with Gasteiger partial charge < -0.3 is 4.74 Å². The third-order valence-corrected chi connectivity index (χ3v) is 3.65. The fourth-order valence-corrected chi connectivity index (χ4v) is 2.84. The number of nitrogens with zero attached hydrogens (tertiary/aromatic N) is 1. The summed E-state index contributed by atoms with van der Waals surface area (Å²) in [7, 11) is 0. The van der Waals surface area contributed by atoms with Crippen LogP contribution in [0.15, 0.2) is 52.7 Å². The van der Waals surface area contributed by atoms with Crippen molar-refractivity contribution < 1.29 is 4.74 Å². The van der Waals surface area contributed by atoms with Gasteiger partial charge in [0.1, 0.15) is 0 Å². The molecule has 2 nitrogen and oxygen atoms in total. The first-order valence-corrected chi connectivity index (χ1v) is 6.15. The summed E-state index contributed by atoms with van der Waals surface area (Å²) < 4.78 is 5.77. The lowest BCUT2D eigenvalue weighted by Crippen LogP contribution is -2.24. The number of benzene rings is 1. The van der Waals surface area contributed by atoms with Crippen molar-refractivity contribution >= 4 is 5.57 Å². The smallest absolute Gasteiger partial charge is 0.0993 e. The number of fused-ring (bicyclic) bond motifs is 3. The third-order valence-electron chi connectivity index (χ3n) is 3.65. The predicted octanol–water partition coefficient (Wildman–Crippen LogP) is 1.47. The van der Waals surface area contributed by atoms with Crippen LogP contribution in [-0.2, 0) is 4.74 Å². The summed E-state index contributed by atoms with van der Waals surface area (Å²) in [6.45, 7) is 0.869. The largest absolute Gasteiger partial charge is 0.370 e. The van der Waals surface area contributed by atoms with Gasteiger partial charge in [0.05, 0.1) is 17.2 Å². The van der Waals surface area contributed by atoms with Crippen LogP contribution < -0.4 is 10.6 Å². The van der Waals surface area contributed by atoms with Gasteiger partial charge in [-0.3, -0.25) is 0 Å². The number of ether oxygens (including phenoxy) is 1. The predicted molar refractivity (Wildman–Crippen MR) is 65.8 cm³/mol. The maximum Gasteiger partial charge on any atom is 0.0993 e. The van der Waals surface area contributed by atoms with E-state index in [4.69, 9.17) is 9.73 Å². The van der Waals surface area contributed by atoms with E-state index in [0.717, 1.165) is 24.8 Å². The molecule has 2 aliphatic heterocycles. The maximum atomic E-state index is 5.77. The molecular formula is C15H13NO. The summed E-state index contributed by atoms with van der Waals surface area (Å²) in [5.41, 5.74) is 3.81. The molecule has 17 heavy (non-hydrogen) atoms. The van der Waals surface area contributed by atoms with E-state index in [9.17, 15) is 0 Å². The summed E-state index contributed by atoms with van der Waals surface area (Å²) >= 11 is 0. The Morgan fingerprint density at radius 1 is 1.24 bits per heavy atom. The van der Waals surface area contributed by atoms with Crippen molar-refractivity contribution in [2.75, 3.05) is 6.61 Å². The second-order valence-corrected chi connectivity index (χ2v) is 4.67. The van der Waals surface area contributed by atoms with Gasteiger partial charge in [-0.05, 0) is 24.5 Å². The highest BCUT2D eigenvalue weighted by Crippen LogP contribution is 2.33. The topological polar surface area (TPSA) is 21.6 Å². The summed E-state index contributed by atoms with van der Waals surface area (Å²) in [5, 5.41) is 2.36. The first-order chi connectivity index (χ1) is 8.43. The molecule has 1 fully saturated rings. The zero-order chi connectivity index (χ0) is 11.2. The molecule has 1 aliphatic carbocycles. The van der Waals surface area contributed by atoms with E-state index in [1.165, 1.54) is 22.1 Å². The first-order valence-electron chi connectivity index (χ1n) is 6.15. The Hall–Kier alpha value is -1.67. The number of para-hydroxylation sites is 1. The van der Waals surface area contributed by atoms with E-state index in [1.54, 1.807) is 0 Å². The molecule has 0 spiro atoms. The summed E-state index contributed by atoms with van der Waals surface area (Å²) in [4.78, 5) is 4.77. The lowest BCUT2D eigenvalue weighted by atomic mass is 9.91. The number of allylic oxidation sites excluding steroid dienone is 1. The van der Waals surface area contributed by atoms with E-state index in [0.29, 0.717) is 0 Å².